The maximum atomic E-state index is 12.4. The van der Waals surface area contributed by atoms with Crippen LogP contribution in [0.1, 0.15) is 12.7 Å². The van der Waals surface area contributed by atoms with Crippen LogP contribution >= 0.6 is 11.8 Å². The Morgan fingerprint density at radius 3 is 2.81 bits per heavy atom. The van der Waals surface area contributed by atoms with Crippen LogP contribution in [0.2, 0.25) is 0 Å². The Labute approximate surface area is 155 Å². The van der Waals surface area contributed by atoms with Crippen molar-refractivity contribution in [1.82, 2.24) is 30.8 Å². The van der Waals surface area contributed by atoms with Crippen LogP contribution in [0, 0.1) is 0 Å². The number of amides is 2. The fourth-order valence-corrected chi connectivity index (χ4v) is 4.00. The molecule has 0 saturated carbocycles. The molecule has 14 heteroatoms. The molecule has 1 saturated heterocycles. The van der Waals surface area contributed by atoms with E-state index in [1.807, 2.05) is 0 Å². The molecule has 0 spiro atoms. The highest BCUT2D eigenvalue weighted by atomic mass is 32.2. The number of aliphatic hydroxyl groups is 1. The second kappa shape index (κ2) is 6.96. The van der Waals surface area contributed by atoms with E-state index >= 15 is 0 Å². The first-order chi connectivity index (χ1) is 12.7. The second-order valence-electron chi connectivity index (χ2n) is 5.70. The monoisotopic (exact) mass is 398 g/mol. The number of tetrazole rings is 1. The van der Waals surface area contributed by atoms with E-state index in [-0.39, 0.29) is 35.9 Å². The van der Waals surface area contributed by atoms with Gasteiger partial charge in [0.05, 0.1) is 6.42 Å². The van der Waals surface area contributed by atoms with Gasteiger partial charge in [-0.05, 0) is 0 Å². The number of carbonyl (C=O) groups is 4. The minimum absolute atomic E-state index is 0.0609. The van der Waals surface area contributed by atoms with Crippen LogP contribution < -0.4 is 5.32 Å². The average molecular weight is 398 g/mol. The lowest BCUT2D eigenvalue weighted by atomic mass is 9.98. The summed E-state index contributed by atoms with van der Waals surface area (Å²) in [7, 11) is 0. The van der Waals surface area contributed by atoms with Crippen molar-refractivity contribution in [2.75, 3.05) is 12.4 Å². The van der Waals surface area contributed by atoms with Gasteiger partial charge in [0.2, 0.25) is 5.91 Å². The molecule has 4 N–H and O–H groups in total. The standard InChI is InChI=1S/C13H14N6O7S/c1-5(20)26-3-6-4-27-12-13(25,11(24)19(12)9(6)10(22)23)14-8(21)2-7-15-17-18-16-7/h12,25H,2-4H2,1H3,(H,14,21)(H,22,23)(H,15,16,17,18)/t12-,13?/m1/s1. The van der Waals surface area contributed by atoms with Gasteiger partial charge in [0.15, 0.2) is 5.82 Å². The van der Waals surface area contributed by atoms with Gasteiger partial charge in [0.25, 0.3) is 11.6 Å². The first kappa shape index (κ1) is 18.8. The van der Waals surface area contributed by atoms with Gasteiger partial charge >= 0.3 is 11.9 Å². The lowest BCUT2D eigenvalue weighted by molar-refractivity contribution is -0.186. The number of nitrogens with zero attached hydrogens (tertiary/aromatic N) is 4. The number of carboxylic acid groups (broad SMARTS) is 1. The molecule has 1 aromatic rings. The SMILES string of the molecule is CC(=O)OCC1=C(C(=O)O)N2C(=O)C(O)(NC(=O)Cc3nn[nH]n3)[C@H]2SC1. The number of nitrogens with one attached hydrogen (secondary N) is 2. The number of thioether (sulfide) groups is 1. The van der Waals surface area contributed by atoms with E-state index in [0.717, 1.165) is 16.7 Å². The Kier molecular flexibility index (Phi) is 4.84. The lowest BCUT2D eigenvalue weighted by Gasteiger charge is -2.54. The molecule has 0 aliphatic carbocycles. The summed E-state index contributed by atoms with van der Waals surface area (Å²) in [5, 5.41) is 33.8. The number of carbonyl (C=O) groups excluding carboxylic acids is 3. The van der Waals surface area contributed by atoms with E-state index < -0.39 is 34.9 Å². The van der Waals surface area contributed by atoms with Gasteiger partial charge in [-0.15, -0.1) is 22.0 Å². The van der Waals surface area contributed by atoms with Crippen molar-refractivity contribution in [2.45, 2.75) is 24.4 Å². The van der Waals surface area contributed by atoms with Crippen LogP contribution in [0.4, 0.5) is 0 Å². The molecular formula is C13H14N6O7S. The quantitative estimate of drug-likeness (QED) is 0.223. The number of ether oxygens (including phenoxy) is 1. The zero-order valence-corrected chi connectivity index (χ0v) is 14.6. The first-order valence-corrected chi connectivity index (χ1v) is 8.58. The van der Waals surface area contributed by atoms with E-state index in [2.05, 4.69) is 25.9 Å². The Morgan fingerprint density at radius 1 is 1.48 bits per heavy atom. The number of aliphatic carboxylic acids is 1. The molecule has 0 radical (unpaired) electrons. The largest absolute Gasteiger partial charge is 0.477 e. The molecule has 3 heterocycles. The van der Waals surface area contributed by atoms with Crippen LogP contribution in [0.15, 0.2) is 11.3 Å². The summed E-state index contributed by atoms with van der Waals surface area (Å²) in [6, 6.07) is 0. The summed E-state index contributed by atoms with van der Waals surface area (Å²) in [5.74, 6) is -3.59. The van der Waals surface area contributed by atoms with E-state index in [1.165, 1.54) is 6.92 Å². The second-order valence-corrected chi connectivity index (χ2v) is 6.76. The average Bonchev–Trinajstić information content (AvgIpc) is 3.11. The van der Waals surface area contributed by atoms with Crippen LogP contribution in [-0.2, 0) is 30.3 Å². The number of esters is 1. The summed E-state index contributed by atoms with van der Waals surface area (Å²) in [4.78, 5) is 47.9. The normalized spacial score (nSPS) is 24.1. The molecule has 13 nitrogen and oxygen atoms in total. The number of hydrogen-bond donors (Lipinski definition) is 4. The van der Waals surface area contributed by atoms with E-state index in [9.17, 15) is 29.4 Å². The summed E-state index contributed by atoms with van der Waals surface area (Å²) in [5.41, 5.74) is -2.42. The number of hydrogen-bond acceptors (Lipinski definition) is 10. The predicted molar refractivity (Wildman–Crippen MR) is 85.4 cm³/mol. The van der Waals surface area contributed by atoms with Crippen molar-refractivity contribution in [3.8, 4) is 0 Å². The number of aromatic nitrogens is 4. The third-order valence-electron chi connectivity index (χ3n) is 3.82. The first-order valence-electron chi connectivity index (χ1n) is 7.53. The number of fused-ring (bicyclic) bond motifs is 1. The topological polar surface area (TPSA) is 188 Å². The number of β-lactam (4-membered cyclic amide) rings is 1. The summed E-state index contributed by atoms with van der Waals surface area (Å²) in [6.07, 6.45) is -0.331. The zero-order valence-electron chi connectivity index (χ0n) is 13.8. The number of aromatic amines is 1. The highest BCUT2D eigenvalue weighted by Crippen LogP contribution is 2.45. The molecule has 1 unspecified atom stereocenters. The smallest absolute Gasteiger partial charge is 0.352 e. The lowest BCUT2D eigenvalue weighted by Crippen LogP contribution is -2.80. The van der Waals surface area contributed by atoms with Crippen molar-refractivity contribution in [3.63, 3.8) is 0 Å². The van der Waals surface area contributed by atoms with E-state index in [4.69, 9.17) is 4.74 Å². The molecule has 1 fully saturated rings. The van der Waals surface area contributed by atoms with Crippen molar-refractivity contribution in [3.05, 3.63) is 17.1 Å². The Morgan fingerprint density at radius 2 is 2.22 bits per heavy atom. The molecule has 0 bridgehead atoms. The predicted octanol–water partition coefficient (Wildman–Crippen LogP) is -2.64. The van der Waals surface area contributed by atoms with Gasteiger partial charge < -0.3 is 20.3 Å². The fourth-order valence-electron chi connectivity index (χ4n) is 2.67. The van der Waals surface area contributed by atoms with Crippen molar-refractivity contribution in [2.24, 2.45) is 0 Å². The molecule has 2 aliphatic heterocycles. The van der Waals surface area contributed by atoms with Crippen LogP contribution in [-0.4, -0.2) is 82.9 Å². The molecule has 27 heavy (non-hydrogen) atoms. The highest BCUT2D eigenvalue weighted by Gasteiger charge is 2.65. The van der Waals surface area contributed by atoms with Crippen molar-refractivity contribution >= 4 is 35.5 Å². The van der Waals surface area contributed by atoms with Gasteiger partial charge in [-0.2, -0.15) is 5.21 Å². The highest BCUT2D eigenvalue weighted by molar-refractivity contribution is 8.00. The third kappa shape index (κ3) is 3.35. The van der Waals surface area contributed by atoms with Gasteiger partial charge in [-0.25, -0.2) is 4.79 Å². The maximum Gasteiger partial charge on any atom is 0.352 e. The number of rotatable bonds is 6. The summed E-state index contributed by atoms with van der Waals surface area (Å²) >= 11 is 1.03. The summed E-state index contributed by atoms with van der Waals surface area (Å²) in [6.45, 7) is 0.885. The number of H-pyrrole nitrogens is 1. The van der Waals surface area contributed by atoms with Gasteiger partial charge in [0, 0.05) is 18.2 Å². The van der Waals surface area contributed by atoms with Crippen LogP contribution in [0.25, 0.3) is 0 Å². The Balaban J connectivity index is 1.76. The maximum absolute atomic E-state index is 12.4. The van der Waals surface area contributed by atoms with Gasteiger partial charge in [0.1, 0.15) is 17.7 Å². The molecule has 1 aromatic heterocycles. The third-order valence-corrected chi connectivity index (χ3v) is 5.20. The minimum atomic E-state index is -2.26. The Bertz CT molecular complexity index is 840. The van der Waals surface area contributed by atoms with Crippen LogP contribution in [0.3, 0.4) is 0 Å². The molecule has 2 aliphatic rings. The molecule has 144 valence electrons. The van der Waals surface area contributed by atoms with Crippen molar-refractivity contribution in [1.29, 1.82) is 0 Å². The summed E-state index contributed by atoms with van der Waals surface area (Å²) < 4.78 is 4.81. The number of carboxylic acids is 1. The Hall–Kier alpha value is -3.00. The fraction of sp³-hybridized carbons (Fsp3) is 0.462. The molecule has 3 rings (SSSR count). The molecule has 0 aromatic carbocycles. The zero-order chi connectivity index (χ0) is 19.8. The van der Waals surface area contributed by atoms with Crippen molar-refractivity contribution < 1.29 is 34.1 Å². The minimum Gasteiger partial charge on any atom is -0.477 e. The van der Waals surface area contributed by atoms with Gasteiger partial charge in [-0.3, -0.25) is 19.3 Å². The molecular weight excluding hydrogens is 384 g/mol. The van der Waals surface area contributed by atoms with Crippen LogP contribution in [0.5, 0.6) is 0 Å². The molecule has 2 amide bonds. The molecule has 2 atom stereocenters. The van der Waals surface area contributed by atoms with Gasteiger partial charge in [-0.1, -0.05) is 5.21 Å². The van der Waals surface area contributed by atoms with E-state index in [0.29, 0.717) is 0 Å². The van der Waals surface area contributed by atoms with E-state index in [1.54, 1.807) is 0 Å².